The van der Waals surface area contributed by atoms with Gasteiger partial charge in [-0.05, 0) is 99.6 Å². The lowest BCUT2D eigenvalue weighted by Gasteiger charge is -2.27. The summed E-state index contributed by atoms with van der Waals surface area (Å²) in [5, 5.41) is 4.26. The van der Waals surface area contributed by atoms with Gasteiger partial charge in [-0.3, -0.25) is 0 Å². The molecule has 3 rings (SSSR count). The van der Waals surface area contributed by atoms with Gasteiger partial charge in [0.2, 0.25) is 0 Å². The molecule has 0 aromatic heterocycles. The van der Waals surface area contributed by atoms with Crippen molar-refractivity contribution in [1.82, 2.24) is 5.32 Å². The molecule has 4 heteroatoms. The summed E-state index contributed by atoms with van der Waals surface area (Å²) in [4.78, 5) is 2.24. The molecule has 1 N–H and O–H groups in total. The van der Waals surface area contributed by atoms with Gasteiger partial charge in [0, 0.05) is 22.9 Å². The van der Waals surface area contributed by atoms with Gasteiger partial charge in [0.1, 0.15) is 5.82 Å². The van der Waals surface area contributed by atoms with Crippen LogP contribution < -0.4 is 10.2 Å². The first kappa shape index (κ1) is 18.2. The van der Waals surface area contributed by atoms with Crippen molar-refractivity contribution in [2.24, 2.45) is 5.92 Å². The molecule has 1 atom stereocenters. The van der Waals surface area contributed by atoms with Crippen LogP contribution in [-0.4, -0.2) is 19.6 Å². The molecule has 0 radical (unpaired) electrons. The van der Waals surface area contributed by atoms with Crippen molar-refractivity contribution in [3.8, 4) is 0 Å². The zero-order valence-electron chi connectivity index (χ0n) is 14.8. The highest BCUT2D eigenvalue weighted by Crippen LogP contribution is 2.33. The molecule has 1 fully saturated rings. The molecule has 0 spiro atoms. The van der Waals surface area contributed by atoms with Crippen LogP contribution in [0.1, 0.15) is 31.7 Å². The minimum Gasteiger partial charge on any atom is -0.342 e. The number of hydrogen-bond acceptors (Lipinski definition) is 2. The third kappa shape index (κ3) is 4.74. The van der Waals surface area contributed by atoms with Gasteiger partial charge in [0.15, 0.2) is 0 Å². The van der Waals surface area contributed by atoms with E-state index in [9.17, 15) is 4.39 Å². The lowest BCUT2D eigenvalue weighted by molar-refractivity contribution is 0.470. The Hall–Kier alpha value is -1.58. The Balaban J connectivity index is 1.89. The Morgan fingerprint density at radius 1 is 1.12 bits per heavy atom. The number of rotatable bonds is 5. The number of nitrogens with one attached hydrogen (secondary N) is 1. The van der Waals surface area contributed by atoms with Crippen LogP contribution in [0, 0.1) is 11.7 Å². The first-order valence-corrected chi connectivity index (χ1v) is 9.57. The minimum absolute atomic E-state index is 0.206. The molecule has 1 unspecified atom stereocenters. The van der Waals surface area contributed by atoms with E-state index in [1.807, 2.05) is 18.2 Å². The maximum absolute atomic E-state index is 13.3. The highest BCUT2D eigenvalue weighted by atomic mass is 35.5. The fraction of sp³-hybridized carbons (Fsp3) is 0.429. The molecule has 1 saturated heterocycles. The molecule has 2 aromatic rings. The van der Waals surface area contributed by atoms with Gasteiger partial charge in [0.05, 0.1) is 0 Å². The molecule has 25 heavy (non-hydrogen) atoms. The molecule has 134 valence electrons. The zero-order valence-corrected chi connectivity index (χ0v) is 15.5. The van der Waals surface area contributed by atoms with Crippen molar-refractivity contribution in [3.05, 3.63) is 58.9 Å². The smallest absolute Gasteiger partial charge is 0.123 e. The topological polar surface area (TPSA) is 15.3 Å². The molecule has 0 amide bonds. The number of nitrogens with zero attached hydrogens (tertiary/aromatic N) is 1. The summed E-state index contributed by atoms with van der Waals surface area (Å²) in [6, 6.07) is 12.9. The van der Waals surface area contributed by atoms with Crippen molar-refractivity contribution in [2.45, 2.75) is 32.6 Å². The Morgan fingerprint density at radius 3 is 2.68 bits per heavy atom. The number of anilines is 2. The fourth-order valence-electron chi connectivity index (χ4n) is 3.70. The Morgan fingerprint density at radius 2 is 1.92 bits per heavy atom. The van der Waals surface area contributed by atoms with E-state index >= 15 is 0 Å². The average molecular weight is 361 g/mol. The SMILES string of the molecule is CCN(c1ccc(F)cc1)c1ccc(Cl)cc1CC1CCCNCC1. The van der Waals surface area contributed by atoms with E-state index in [-0.39, 0.29) is 5.82 Å². The molecular formula is C21H26ClFN2. The molecule has 1 aliphatic rings. The molecule has 2 nitrogen and oxygen atoms in total. The largest absolute Gasteiger partial charge is 0.342 e. The van der Waals surface area contributed by atoms with Crippen LogP contribution in [0.25, 0.3) is 0 Å². The zero-order chi connectivity index (χ0) is 17.6. The van der Waals surface area contributed by atoms with E-state index in [2.05, 4.69) is 29.3 Å². The van der Waals surface area contributed by atoms with Crippen LogP contribution in [0.2, 0.25) is 5.02 Å². The fourth-order valence-corrected chi connectivity index (χ4v) is 3.90. The first-order chi connectivity index (χ1) is 12.2. The number of benzene rings is 2. The van der Waals surface area contributed by atoms with Crippen LogP contribution in [-0.2, 0) is 6.42 Å². The normalized spacial score (nSPS) is 18.0. The van der Waals surface area contributed by atoms with Crippen molar-refractivity contribution in [3.63, 3.8) is 0 Å². The highest BCUT2D eigenvalue weighted by Gasteiger charge is 2.18. The van der Waals surface area contributed by atoms with Crippen molar-refractivity contribution in [1.29, 1.82) is 0 Å². The molecule has 0 aliphatic carbocycles. The standard InChI is InChI=1S/C21H26ClFN2/c1-2-25(20-8-6-19(23)7-9-20)21-10-5-18(22)15-17(21)14-16-4-3-12-24-13-11-16/h5-10,15-16,24H,2-4,11-14H2,1H3. The van der Waals surface area contributed by atoms with Gasteiger partial charge in [-0.2, -0.15) is 0 Å². The van der Waals surface area contributed by atoms with E-state index in [1.54, 1.807) is 0 Å². The molecule has 0 bridgehead atoms. The summed E-state index contributed by atoms with van der Waals surface area (Å²) in [6.45, 7) is 5.16. The van der Waals surface area contributed by atoms with E-state index in [0.717, 1.165) is 36.8 Å². The third-order valence-corrected chi connectivity index (χ3v) is 5.23. The maximum Gasteiger partial charge on any atom is 0.123 e. The van der Waals surface area contributed by atoms with E-state index in [4.69, 9.17) is 11.6 Å². The molecule has 2 aromatic carbocycles. The maximum atomic E-state index is 13.3. The summed E-state index contributed by atoms with van der Waals surface area (Å²) >= 11 is 6.30. The number of halogens is 2. The van der Waals surface area contributed by atoms with Gasteiger partial charge in [-0.25, -0.2) is 4.39 Å². The summed E-state index contributed by atoms with van der Waals surface area (Å²) in [5.41, 5.74) is 3.47. The lowest BCUT2D eigenvalue weighted by atomic mass is 9.91. The second-order valence-corrected chi connectivity index (χ2v) is 7.18. The third-order valence-electron chi connectivity index (χ3n) is 4.99. The molecule has 0 saturated carbocycles. The summed E-state index contributed by atoms with van der Waals surface area (Å²) in [6.07, 6.45) is 4.72. The summed E-state index contributed by atoms with van der Waals surface area (Å²) in [7, 11) is 0. The quantitative estimate of drug-likeness (QED) is 0.749. The summed E-state index contributed by atoms with van der Waals surface area (Å²) in [5.74, 6) is 0.473. The Labute approximate surface area is 155 Å². The first-order valence-electron chi connectivity index (χ1n) is 9.19. The summed E-state index contributed by atoms with van der Waals surface area (Å²) < 4.78 is 13.3. The van der Waals surface area contributed by atoms with Crippen LogP contribution in [0.4, 0.5) is 15.8 Å². The lowest BCUT2D eigenvalue weighted by Crippen LogP contribution is -2.19. The van der Waals surface area contributed by atoms with Crippen molar-refractivity contribution in [2.75, 3.05) is 24.5 Å². The van der Waals surface area contributed by atoms with Gasteiger partial charge in [-0.15, -0.1) is 0 Å². The van der Waals surface area contributed by atoms with Gasteiger partial charge < -0.3 is 10.2 Å². The molecule has 1 aliphatic heterocycles. The Bertz CT molecular complexity index is 679. The van der Waals surface area contributed by atoms with Crippen LogP contribution in [0.5, 0.6) is 0 Å². The van der Waals surface area contributed by atoms with Crippen LogP contribution in [0.15, 0.2) is 42.5 Å². The van der Waals surface area contributed by atoms with Crippen LogP contribution >= 0.6 is 11.6 Å². The van der Waals surface area contributed by atoms with Gasteiger partial charge in [0.25, 0.3) is 0 Å². The molecular weight excluding hydrogens is 335 g/mol. The number of hydrogen-bond donors (Lipinski definition) is 1. The van der Waals surface area contributed by atoms with Gasteiger partial charge >= 0.3 is 0 Å². The van der Waals surface area contributed by atoms with E-state index < -0.39 is 0 Å². The van der Waals surface area contributed by atoms with E-state index in [1.165, 1.54) is 42.6 Å². The average Bonchev–Trinajstić information content (AvgIpc) is 2.87. The monoisotopic (exact) mass is 360 g/mol. The van der Waals surface area contributed by atoms with Crippen molar-refractivity contribution >= 4 is 23.0 Å². The second kappa shape index (κ2) is 8.68. The van der Waals surface area contributed by atoms with Crippen LogP contribution in [0.3, 0.4) is 0 Å². The van der Waals surface area contributed by atoms with Crippen molar-refractivity contribution < 1.29 is 4.39 Å². The Kier molecular flexibility index (Phi) is 6.33. The predicted octanol–water partition coefficient (Wildman–Crippen LogP) is 5.57. The predicted molar refractivity (Wildman–Crippen MR) is 104 cm³/mol. The minimum atomic E-state index is -0.206. The molecule has 1 heterocycles. The second-order valence-electron chi connectivity index (χ2n) is 6.74. The van der Waals surface area contributed by atoms with Gasteiger partial charge in [-0.1, -0.05) is 11.6 Å². The van der Waals surface area contributed by atoms with E-state index in [0.29, 0.717) is 5.92 Å². The highest BCUT2D eigenvalue weighted by molar-refractivity contribution is 6.30.